The van der Waals surface area contributed by atoms with Crippen molar-refractivity contribution in [1.82, 2.24) is 0 Å². The molecule has 0 radical (unpaired) electrons. The van der Waals surface area contributed by atoms with Gasteiger partial charge in [0.05, 0.1) is 13.2 Å². The van der Waals surface area contributed by atoms with E-state index in [2.05, 4.69) is 0 Å². The Morgan fingerprint density at radius 2 is 1.81 bits per heavy atom. The second-order valence-corrected chi connectivity index (χ2v) is 4.13. The van der Waals surface area contributed by atoms with Gasteiger partial charge in [-0.2, -0.15) is 0 Å². The second-order valence-electron chi connectivity index (χ2n) is 4.13. The largest absolute Gasteiger partial charge is 0.485 e. The van der Waals surface area contributed by atoms with E-state index >= 15 is 0 Å². The molecule has 4 nitrogen and oxygen atoms in total. The molecule has 0 saturated carbocycles. The van der Waals surface area contributed by atoms with Crippen LogP contribution < -0.4 is 4.74 Å². The molecule has 2 aliphatic heterocycles. The van der Waals surface area contributed by atoms with Crippen molar-refractivity contribution in [3.63, 3.8) is 0 Å². The first-order chi connectivity index (χ1) is 7.84. The number of aliphatic hydroxyl groups is 1. The summed E-state index contributed by atoms with van der Waals surface area (Å²) in [7, 11) is 0. The summed E-state index contributed by atoms with van der Waals surface area (Å²) in [6, 6.07) is 9.59. The minimum atomic E-state index is -0.519. The van der Waals surface area contributed by atoms with Crippen molar-refractivity contribution in [3.05, 3.63) is 30.3 Å². The molecule has 0 aromatic heterocycles. The van der Waals surface area contributed by atoms with Crippen molar-refractivity contribution in [2.45, 2.75) is 24.4 Å². The van der Waals surface area contributed by atoms with Crippen molar-refractivity contribution >= 4 is 0 Å². The van der Waals surface area contributed by atoms with E-state index in [1.165, 1.54) is 0 Å². The molecule has 4 atom stereocenters. The summed E-state index contributed by atoms with van der Waals surface area (Å²) in [5, 5.41) is 9.58. The normalized spacial score (nSPS) is 37.3. The molecule has 0 amide bonds. The molecule has 1 N–H and O–H groups in total. The molecule has 1 unspecified atom stereocenters. The molecule has 2 heterocycles. The van der Waals surface area contributed by atoms with E-state index in [4.69, 9.17) is 14.2 Å². The van der Waals surface area contributed by atoms with Gasteiger partial charge >= 0.3 is 0 Å². The molecule has 0 bridgehead atoms. The van der Waals surface area contributed by atoms with Gasteiger partial charge in [-0.15, -0.1) is 0 Å². The maximum absolute atomic E-state index is 9.58. The smallest absolute Gasteiger partial charge is 0.151 e. The van der Waals surface area contributed by atoms with Gasteiger partial charge in [-0.1, -0.05) is 18.2 Å². The van der Waals surface area contributed by atoms with Crippen LogP contribution in [0.25, 0.3) is 0 Å². The summed E-state index contributed by atoms with van der Waals surface area (Å²) < 4.78 is 16.7. The van der Waals surface area contributed by atoms with Crippen LogP contribution >= 0.6 is 0 Å². The first-order valence-corrected chi connectivity index (χ1v) is 5.47. The van der Waals surface area contributed by atoms with Crippen LogP contribution in [0, 0.1) is 0 Å². The van der Waals surface area contributed by atoms with Gasteiger partial charge in [-0.05, 0) is 12.1 Å². The maximum Gasteiger partial charge on any atom is 0.151 e. The number of hydrogen-bond acceptors (Lipinski definition) is 4. The van der Waals surface area contributed by atoms with Crippen molar-refractivity contribution in [2.75, 3.05) is 13.2 Å². The zero-order valence-corrected chi connectivity index (χ0v) is 8.78. The van der Waals surface area contributed by atoms with E-state index in [1.807, 2.05) is 30.3 Å². The van der Waals surface area contributed by atoms with Crippen molar-refractivity contribution < 1.29 is 19.3 Å². The van der Waals surface area contributed by atoms with E-state index in [-0.39, 0.29) is 18.3 Å². The van der Waals surface area contributed by atoms with Crippen LogP contribution in [0.15, 0.2) is 30.3 Å². The summed E-state index contributed by atoms with van der Waals surface area (Å²) in [5.41, 5.74) is 0. The van der Waals surface area contributed by atoms with Crippen LogP contribution in [-0.4, -0.2) is 42.7 Å². The maximum atomic E-state index is 9.58. The highest BCUT2D eigenvalue weighted by atomic mass is 16.6. The van der Waals surface area contributed by atoms with Gasteiger partial charge < -0.3 is 19.3 Å². The zero-order chi connectivity index (χ0) is 11.0. The quantitative estimate of drug-likeness (QED) is 0.795. The average molecular weight is 222 g/mol. The number of ether oxygens (including phenoxy) is 3. The Labute approximate surface area is 93.7 Å². The number of para-hydroxylation sites is 1. The highest BCUT2D eigenvalue weighted by Crippen LogP contribution is 2.29. The molecule has 2 saturated heterocycles. The number of benzene rings is 1. The SMILES string of the molecule is O[C@H]1CO[C@@H]2C(Oc3ccccc3)CO[C@@H]21. The summed E-state index contributed by atoms with van der Waals surface area (Å²) in [4.78, 5) is 0. The molecule has 2 fully saturated rings. The van der Waals surface area contributed by atoms with Gasteiger partial charge in [0.1, 0.15) is 24.1 Å². The third kappa shape index (κ3) is 1.69. The summed E-state index contributed by atoms with van der Waals surface area (Å²) >= 11 is 0. The van der Waals surface area contributed by atoms with Crippen molar-refractivity contribution in [2.24, 2.45) is 0 Å². The molecular weight excluding hydrogens is 208 g/mol. The van der Waals surface area contributed by atoms with Gasteiger partial charge in [0, 0.05) is 0 Å². The predicted octanol–water partition coefficient (Wildman–Crippen LogP) is 0.592. The summed E-state index contributed by atoms with van der Waals surface area (Å²) in [6.07, 6.45) is -1.01. The lowest BCUT2D eigenvalue weighted by Crippen LogP contribution is -2.34. The van der Waals surface area contributed by atoms with E-state index in [1.54, 1.807) is 0 Å². The number of hydrogen-bond donors (Lipinski definition) is 1. The molecule has 16 heavy (non-hydrogen) atoms. The lowest BCUT2D eigenvalue weighted by molar-refractivity contribution is 0.00863. The summed E-state index contributed by atoms with van der Waals surface area (Å²) in [6.45, 7) is 0.811. The standard InChI is InChI=1S/C12H14O4/c13-9-6-14-12-10(7-15-11(9)12)16-8-4-2-1-3-5-8/h1-5,9-13H,6-7H2/t9-,10?,11+,12+/m0/s1. The Morgan fingerprint density at radius 1 is 1.06 bits per heavy atom. The molecule has 86 valence electrons. The first kappa shape index (κ1) is 10.1. The Balaban J connectivity index is 1.69. The van der Waals surface area contributed by atoms with Crippen LogP contribution in [0.1, 0.15) is 0 Å². The molecule has 0 spiro atoms. The van der Waals surface area contributed by atoms with Crippen molar-refractivity contribution in [3.8, 4) is 5.75 Å². The monoisotopic (exact) mass is 222 g/mol. The van der Waals surface area contributed by atoms with Gasteiger partial charge in [0.15, 0.2) is 6.10 Å². The van der Waals surface area contributed by atoms with Gasteiger partial charge in [0.2, 0.25) is 0 Å². The molecule has 4 heteroatoms. The van der Waals surface area contributed by atoms with Crippen LogP contribution in [-0.2, 0) is 9.47 Å². The molecule has 0 aliphatic carbocycles. The highest BCUT2D eigenvalue weighted by molar-refractivity contribution is 5.21. The number of aliphatic hydroxyl groups excluding tert-OH is 1. The summed E-state index contributed by atoms with van der Waals surface area (Å²) in [5.74, 6) is 0.807. The second kappa shape index (κ2) is 4.05. The molecular formula is C12H14O4. The fraction of sp³-hybridized carbons (Fsp3) is 0.500. The van der Waals surface area contributed by atoms with E-state index in [9.17, 15) is 5.11 Å². The van der Waals surface area contributed by atoms with E-state index < -0.39 is 6.10 Å². The molecule has 1 aromatic carbocycles. The fourth-order valence-electron chi connectivity index (χ4n) is 2.22. The predicted molar refractivity (Wildman–Crippen MR) is 56.3 cm³/mol. The Bertz CT molecular complexity index is 353. The Morgan fingerprint density at radius 3 is 2.62 bits per heavy atom. The van der Waals surface area contributed by atoms with Crippen LogP contribution in [0.5, 0.6) is 5.75 Å². The Hall–Kier alpha value is -1.10. The van der Waals surface area contributed by atoms with Gasteiger partial charge in [-0.3, -0.25) is 0 Å². The topological polar surface area (TPSA) is 47.9 Å². The lowest BCUT2D eigenvalue weighted by atomic mass is 10.1. The van der Waals surface area contributed by atoms with E-state index in [0.717, 1.165) is 5.75 Å². The Kier molecular flexibility index (Phi) is 2.55. The van der Waals surface area contributed by atoms with Crippen LogP contribution in [0.3, 0.4) is 0 Å². The third-order valence-electron chi connectivity index (χ3n) is 3.01. The van der Waals surface area contributed by atoms with Crippen LogP contribution in [0.4, 0.5) is 0 Å². The van der Waals surface area contributed by atoms with E-state index in [0.29, 0.717) is 13.2 Å². The molecule has 3 rings (SSSR count). The molecule has 2 aliphatic rings. The van der Waals surface area contributed by atoms with Crippen LogP contribution in [0.2, 0.25) is 0 Å². The van der Waals surface area contributed by atoms with Gasteiger partial charge in [0.25, 0.3) is 0 Å². The lowest BCUT2D eigenvalue weighted by Gasteiger charge is -2.17. The molecule has 1 aromatic rings. The minimum Gasteiger partial charge on any atom is -0.485 e. The van der Waals surface area contributed by atoms with Crippen molar-refractivity contribution in [1.29, 1.82) is 0 Å². The third-order valence-corrected chi connectivity index (χ3v) is 3.01. The number of rotatable bonds is 2. The zero-order valence-electron chi connectivity index (χ0n) is 8.78. The first-order valence-electron chi connectivity index (χ1n) is 5.47. The highest BCUT2D eigenvalue weighted by Gasteiger charge is 2.48. The number of fused-ring (bicyclic) bond motifs is 1. The van der Waals surface area contributed by atoms with Gasteiger partial charge in [-0.25, -0.2) is 0 Å². The minimum absolute atomic E-state index is 0.121. The fourth-order valence-corrected chi connectivity index (χ4v) is 2.22. The average Bonchev–Trinajstić information content (AvgIpc) is 2.86.